The number of carboxylic acid groups (broad SMARTS) is 2. The summed E-state index contributed by atoms with van der Waals surface area (Å²) in [5.74, 6) is -2.68. The van der Waals surface area contributed by atoms with Gasteiger partial charge < -0.3 is 25.2 Å². The third-order valence-corrected chi connectivity index (χ3v) is 5.60. The maximum Gasteiger partial charge on any atom is 0.414 e. The van der Waals surface area contributed by atoms with Crippen molar-refractivity contribution in [3.63, 3.8) is 0 Å². The van der Waals surface area contributed by atoms with E-state index in [-0.39, 0.29) is 5.41 Å². The van der Waals surface area contributed by atoms with Crippen molar-refractivity contribution < 1.29 is 24.5 Å². The lowest BCUT2D eigenvalue weighted by Gasteiger charge is -2.27. The molecule has 1 saturated heterocycles. The summed E-state index contributed by atoms with van der Waals surface area (Å²) in [4.78, 5) is 20.7. The number of aliphatic carboxylic acids is 2. The van der Waals surface area contributed by atoms with E-state index in [1.54, 1.807) is 0 Å². The summed E-state index contributed by atoms with van der Waals surface area (Å²) in [6.07, 6.45) is 2.32. The Bertz CT molecular complexity index is 819. The summed E-state index contributed by atoms with van der Waals surface area (Å²) in [5, 5.41) is 18.2. The Balaban J connectivity index is 0.000000534. The number of unbranched alkanes of at least 4 members (excludes halogenated alkanes) is 1. The van der Waals surface area contributed by atoms with Crippen molar-refractivity contribution in [3.8, 4) is 5.75 Å². The Labute approximate surface area is 190 Å². The molecule has 2 aromatic carbocycles. The van der Waals surface area contributed by atoms with E-state index in [2.05, 4.69) is 78.7 Å². The van der Waals surface area contributed by atoms with E-state index in [9.17, 15) is 0 Å². The number of hydrogen-bond acceptors (Lipinski definition) is 5. The minimum Gasteiger partial charge on any atom is -0.494 e. The molecule has 0 radical (unpaired) electrons. The van der Waals surface area contributed by atoms with Crippen LogP contribution in [-0.4, -0.2) is 66.4 Å². The Morgan fingerprint density at radius 3 is 2.03 bits per heavy atom. The van der Waals surface area contributed by atoms with E-state index in [4.69, 9.17) is 24.5 Å². The molecule has 1 fully saturated rings. The molecule has 0 spiro atoms. The van der Waals surface area contributed by atoms with E-state index in [1.165, 1.54) is 37.2 Å². The predicted octanol–water partition coefficient (Wildman–Crippen LogP) is 3.23. The van der Waals surface area contributed by atoms with Crippen LogP contribution < -0.4 is 10.1 Å². The second-order valence-corrected chi connectivity index (χ2v) is 8.27. The van der Waals surface area contributed by atoms with Gasteiger partial charge in [0.05, 0.1) is 6.61 Å². The first kappa shape index (κ1) is 25.4. The van der Waals surface area contributed by atoms with Gasteiger partial charge in [0, 0.05) is 31.6 Å². The van der Waals surface area contributed by atoms with Gasteiger partial charge in [-0.3, -0.25) is 0 Å². The van der Waals surface area contributed by atoms with Gasteiger partial charge in [0.1, 0.15) is 5.75 Å². The van der Waals surface area contributed by atoms with Crippen LogP contribution in [-0.2, 0) is 15.0 Å². The first-order valence-corrected chi connectivity index (χ1v) is 11.0. The molecule has 0 atom stereocenters. The summed E-state index contributed by atoms with van der Waals surface area (Å²) in [6.45, 7) is 11.1. The van der Waals surface area contributed by atoms with Crippen molar-refractivity contribution >= 4 is 11.9 Å². The highest BCUT2D eigenvalue weighted by molar-refractivity contribution is 6.27. The number of benzene rings is 2. The fourth-order valence-electron chi connectivity index (χ4n) is 3.55. The molecule has 0 aliphatic carbocycles. The monoisotopic (exact) mass is 442 g/mol. The highest BCUT2D eigenvalue weighted by atomic mass is 16.5. The van der Waals surface area contributed by atoms with Gasteiger partial charge >= 0.3 is 11.9 Å². The van der Waals surface area contributed by atoms with Crippen LogP contribution in [0.3, 0.4) is 0 Å². The number of hydrogen-bond donors (Lipinski definition) is 3. The molecule has 7 heteroatoms. The number of piperazine rings is 1. The Morgan fingerprint density at radius 2 is 1.47 bits per heavy atom. The lowest BCUT2D eigenvalue weighted by molar-refractivity contribution is -0.159. The van der Waals surface area contributed by atoms with Crippen LogP contribution in [0.1, 0.15) is 37.8 Å². The summed E-state index contributed by atoms with van der Waals surface area (Å²) >= 11 is 0. The van der Waals surface area contributed by atoms with Crippen LogP contribution in [0.5, 0.6) is 5.75 Å². The number of rotatable bonds is 8. The zero-order valence-corrected chi connectivity index (χ0v) is 18.9. The maximum atomic E-state index is 9.10. The zero-order chi connectivity index (χ0) is 23.4. The third-order valence-electron chi connectivity index (χ3n) is 5.60. The molecule has 3 rings (SSSR count). The van der Waals surface area contributed by atoms with E-state index < -0.39 is 11.9 Å². The molecular weight excluding hydrogens is 408 g/mol. The maximum absolute atomic E-state index is 9.10. The molecule has 0 saturated carbocycles. The van der Waals surface area contributed by atoms with Gasteiger partial charge in [-0.25, -0.2) is 9.59 Å². The van der Waals surface area contributed by atoms with Crippen LogP contribution in [0.2, 0.25) is 0 Å². The van der Waals surface area contributed by atoms with Crippen LogP contribution >= 0.6 is 0 Å². The number of carboxylic acids is 2. The summed E-state index contributed by atoms with van der Waals surface area (Å²) < 4.78 is 5.94. The molecule has 1 heterocycles. The van der Waals surface area contributed by atoms with Gasteiger partial charge in [-0.05, 0) is 42.6 Å². The number of nitrogens with one attached hydrogen (secondary N) is 1. The topological polar surface area (TPSA) is 99.1 Å². The molecule has 2 aromatic rings. The fraction of sp³-hybridized carbons (Fsp3) is 0.440. The van der Waals surface area contributed by atoms with E-state index >= 15 is 0 Å². The van der Waals surface area contributed by atoms with E-state index in [0.29, 0.717) is 0 Å². The first-order chi connectivity index (χ1) is 15.3. The molecule has 174 valence electrons. The van der Waals surface area contributed by atoms with Gasteiger partial charge in [-0.1, -0.05) is 56.3 Å². The van der Waals surface area contributed by atoms with Crippen molar-refractivity contribution in [2.24, 2.45) is 0 Å². The van der Waals surface area contributed by atoms with Crippen molar-refractivity contribution in [1.29, 1.82) is 0 Å². The number of carbonyl (C=O) groups is 2. The second-order valence-electron chi connectivity index (χ2n) is 8.27. The van der Waals surface area contributed by atoms with E-state index in [1.807, 2.05) is 0 Å². The molecule has 0 unspecified atom stereocenters. The van der Waals surface area contributed by atoms with Gasteiger partial charge in [0.25, 0.3) is 0 Å². The lowest BCUT2D eigenvalue weighted by atomic mass is 9.78. The van der Waals surface area contributed by atoms with Gasteiger partial charge in [0.15, 0.2) is 0 Å². The Kier molecular flexibility index (Phi) is 10.2. The van der Waals surface area contributed by atoms with Crippen LogP contribution in [0, 0.1) is 0 Å². The van der Waals surface area contributed by atoms with Crippen molar-refractivity contribution in [3.05, 3.63) is 65.7 Å². The molecule has 0 aromatic heterocycles. The lowest BCUT2D eigenvalue weighted by Crippen LogP contribution is -2.43. The fourth-order valence-corrected chi connectivity index (χ4v) is 3.55. The average molecular weight is 443 g/mol. The summed E-state index contributed by atoms with van der Waals surface area (Å²) in [5.41, 5.74) is 2.65. The van der Waals surface area contributed by atoms with Crippen LogP contribution in [0.15, 0.2) is 54.6 Å². The number of ether oxygens (including phenoxy) is 1. The van der Waals surface area contributed by atoms with Crippen molar-refractivity contribution in [2.45, 2.75) is 32.1 Å². The standard InChI is InChI=1S/C23H32N2O.C2H2O4/c1-23(2,20-8-4-3-5-9-20)21-10-12-22(13-11-21)26-19-7-6-16-25-17-14-24-15-18-25;3-1(4)2(5)6/h3-5,8-13,24H,6-7,14-19H2,1-2H3;(H,3,4)(H,5,6). The summed E-state index contributed by atoms with van der Waals surface area (Å²) in [7, 11) is 0. The highest BCUT2D eigenvalue weighted by Gasteiger charge is 2.22. The molecule has 7 nitrogen and oxygen atoms in total. The van der Waals surface area contributed by atoms with Gasteiger partial charge in [0.2, 0.25) is 0 Å². The largest absolute Gasteiger partial charge is 0.494 e. The molecule has 1 aliphatic rings. The van der Waals surface area contributed by atoms with Crippen LogP contribution in [0.25, 0.3) is 0 Å². The molecule has 0 amide bonds. The first-order valence-electron chi connectivity index (χ1n) is 11.0. The van der Waals surface area contributed by atoms with Crippen molar-refractivity contribution in [1.82, 2.24) is 10.2 Å². The average Bonchev–Trinajstić information content (AvgIpc) is 2.81. The molecule has 0 bridgehead atoms. The Hall–Kier alpha value is -2.90. The molecular formula is C25H34N2O5. The quantitative estimate of drug-likeness (QED) is 0.426. The number of nitrogens with zero attached hydrogens (tertiary/aromatic N) is 1. The highest BCUT2D eigenvalue weighted by Crippen LogP contribution is 2.32. The van der Waals surface area contributed by atoms with E-state index in [0.717, 1.165) is 31.9 Å². The predicted molar refractivity (Wildman–Crippen MR) is 124 cm³/mol. The molecule has 1 aliphatic heterocycles. The normalized spacial score (nSPS) is 14.2. The zero-order valence-electron chi connectivity index (χ0n) is 18.9. The SMILES string of the molecule is CC(C)(c1ccccc1)c1ccc(OCCCCN2CCNCC2)cc1.O=C(O)C(=O)O. The molecule has 32 heavy (non-hydrogen) atoms. The summed E-state index contributed by atoms with van der Waals surface area (Å²) in [6, 6.07) is 19.3. The van der Waals surface area contributed by atoms with Gasteiger partial charge in [-0.2, -0.15) is 0 Å². The Morgan fingerprint density at radius 1 is 0.906 bits per heavy atom. The minimum atomic E-state index is -1.82. The van der Waals surface area contributed by atoms with Crippen molar-refractivity contribution in [2.75, 3.05) is 39.3 Å². The third kappa shape index (κ3) is 8.32. The molecule has 3 N–H and O–H groups in total. The van der Waals surface area contributed by atoms with Crippen LogP contribution in [0.4, 0.5) is 0 Å². The van der Waals surface area contributed by atoms with Gasteiger partial charge in [-0.15, -0.1) is 0 Å². The smallest absolute Gasteiger partial charge is 0.414 e. The second kappa shape index (κ2) is 12.8. The minimum absolute atomic E-state index is 0.00307.